The van der Waals surface area contributed by atoms with Gasteiger partial charge in [0.2, 0.25) is 0 Å². The number of aromatic amines is 1. The van der Waals surface area contributed by atoms with Crippen molar-refractivity contribution in [2.45, 2.75) is 25.6 Å². The summed E-state index contributed by atoms with van der Waals surface area (Å²) in [4.78, 5) is 7.23. The van der Waals surface area contributed by atoms with Crippen LogP contribution in [0.4, 0.5) is 13.2 Å². The number of aromatic nitrogens is 2. The first-order valence-electron chi connectivity index (χ1n) is 8.09. The van der Waals surface area contributed by atoms with E-state index < -0.39 is 6.36 Å². The number of benzene rings is 1. The molecule has 0 spiro atoms. The van der Waals surface area contributed by atoms with Gasteiger partial charge in [-0.05, 0) is 55.6 Å². The molecule has 0 saturated heterocycles. The highest BCUT2D eigenvalue weighted by atomic mass is 35.5. The van der Waals surface area contributed by atoms with Crippen LogP contribution in [0.5, 0.6) is 5.75 Å². The van der Waals surface area contributed by atoms with E-state index in [0.717, 1.165) is 29.7 Å². The zero-order chi connectivity index (χ0) is 18.7. The summed E-state index contributed by atoms with van der Waals surface area (Å²) in [5.41, 5.74) is 8.68. The van der Waals surface area contributed by atoms with Gasteiger partial charge in [-0.15, -0.1) is 13.2 Å². The first-order valence-corrected chi connectivity index (χ1v) is 8.47. The average Bonchev–Trinajstić information content (AvgIpc) is 2.92. The van der Waals surface area contributed by atoms with Gasteiger partial charge in [-0.25, -0.2) is 0 Å². The predicted molar refractivity (Wildman–Crippen MR) is 95.2 cm³/mol. The number of H-pyrrole nitrogens is 1. The van der Waals surface area contributed by atoms with Gasteiger partial charge in [0.05, 0.1) is 10.7 Å². The van der Waals surface area contributed by atoms with Crippen LogP contribution in [0.3, 0.4) is 0 Å². The molecule has 0 fully saturated rings. The molecule has 0 unspecified atom stereocenters. The van der Waals surface area contributed by atoms with Crippen molar-refractivity contribution in [3.05, 3.63) is 47.2 Å². The Hall–Kier alpha value is -2.25. The first kappa shape index (κ1) is 18.5. The Morgan fingerprint density at radius 1 is 1.19 bits per heavy atom. The number of rotatable bonds is 6. The van der Waals surface area contributed by atoms with Gasteiger partial charge in [-0.1, -0.05) is 11.6 Å². The second kappa shape index (κ2) is 7.55. The minimum absolute atomic E-state index is 0.253. The topological polar surface area (TPSA) is 63.9 Å². The third kappa shape index (κ3) is 4.11. The zero-order valence-electron chi connectivity index (χ0n) is 13.7. The molecule has 0 saturated carbocycles. The summed E-state index contributed by atoms with van der Waals surface area (Å²) in [5.74, 6) is -0.253. The van der Waals surface area contributed by atoms with Crippen LogP contribution in [0.25, 0.3) is 22.2 Å². The molecule has 0 aliphatic rings. The van der Waals surface area contributed by atoms with E-state index in [4.69, 9.17) is 17.3 Å². The highest BCUT2D eigenvalue weighted by Crippen LogP contribution is 2.37. The zero-order valence-corrected chi connectivity index (χ0v) is 14.5. The van der Waals surface area contributed by atoms with E-state index in [9.17, 15) is 13.2 Å². The van der Waals surface area contributed by atoms with Crippen molar-refractivity contribution in [1.29, 1.82) is 0 Å². The molecule has 3 aromatic rings. The van der Waals surface area contributed by atoms with Crippen LogP contribution >= 0.6 is 11.6 Å². The summed E-state index contributed by atoms with van der Waals surface area (Å²) < 4.78 is 41.7. The minimum Gasteiger partial charge on any atom is -0.406 e. The lowest BCUT2D eigenvalue weighted by molar-refractivity contribution is -0.274. The molecule has 2 aromatic heterocycles. The normalized spacial score (nSPS) is 11.9. The van der Waals surface area contributed by atoms with Crippen LogP contribution in [0, 0.1) is 0 Å². The molecule has 0 atom stereocenters. The van der Waals surface area contributed by atoms with E-state index in [1.54, 1.807) is 18.3 Å². The molecule has 0 aliphatic heterocycles. The molecular formula is C18H17ClF3N3O. The number of nitrogens with zero attached hydrogens (tertiary/aromatic N) is 1. The number of alkyl halides is 3. The summed E-state index contributed by atoms with van der Waals surface area (Å²) in [6.07, 6.45) is 0.693. The quantitative estimate of drug-likeness (QED) is 0.584. The molecule has 3 N–H and O–H groups in total. The van der Waals surface area contributed by atoms with Crippen molar-refractivity contribution >= 4 is 22.5 Å². The Morgan fingerprint density at radius 2 is 2.00 bits per heavy atom. The van der Waals surface area contributed by atoms with Gasteiger partial charge in [0, 0.05) is 28.9 Å². The fraction of sp³-hybridized carbons (Fsp3) is 0.278. The van der Waals surface area contributed by atoms with Crippen LogP contribution in [0.15, 0.2) is 36.7 Å². The second-order valence-corrected chi connectivity index (χ2v) is 6.24. The van der Waals surface area contributed by atoms with Gasteiger partial charge in [-0.3, -0.25) is 4.98 Å². The third-order valence-electron chi connectivity index (χ3n) is 4.03. The summed E-state index contributed by atoms with van der Waals surface area (Å²) in [6.45, 7) is 0.552. The minimum atomic E-state index is -4.74. The van der Waals surface area contributed by atoms with Crippen LogP contribution < -0.4 is 10.5 Å². The number of fused-ring (bicyclic) bond motifs is 1. The van der Waals surface area contributed by atoms with Gasteiger partial charge in [0.1, 0.15) is 5.75 Å². The Labute approximate surface area is 153 Å². The van der Waals surface area contributed by atoms with E-state index in [2.05, 4.69) is 14.7 Å². The number of unbranched alkanes of at least 4 members (excludes halogenated alkanes) is 1. The number of aryl methyl sites for hydroxylation is 1. The van der Waals surface area contributed by atoms with Crippen molar-refractivity contribution in [3.63, 3.8) is 0 Å². The fourth-order valence-electron chi connectivity index (χ4n) is 2.94. The van der Waals surface area contributed by atoms with Crippen LogP contribution in [0.2, 0.25) is 5.02 Å². The number of nitrogens with two attached hydrogens (primary N) is 1. The highest BCUT2D eigenvalue weighted by Gasteiger charge is 2.31. The van der Waals surface area contributed by atoms with Gasteiger partial charge in [0.25, 0.3) is 0 Å². The van der Waals surface area contributed by atoms with Crippen molar-refractivity contribution in [2.24, 2.45) is 5.73 Å². The summed E-state index contributed by atoms with van der Waals surface area (Å²) in [6, 6.07) is 6.03. The Balaban J connectivity index is 2.11. The molecule has 2 heterocycles. The van der Waals surface area contributed by atoms with E-state index in [1.807, 2.05) is 0 Å². The number of pyridine rings is 1. The Bertz CT molecular complexity index is 908. The van der Waals surface area contributed by atoms with Crippen molar-refractivity contribution in [2.75, 3.05) is 6.54 Å². The van der Waals surface area contributed by atoms with Gasteiger partial charge >= 0.3 is 6.36 Å². The number of hydrogen-bond donors (Lipinski definition) is 2. The summed E-state index contributed by atoms with van der Waals surface area (Å²) in [7, 11) is 0. The summed E-state index contributed by atoms with van der Waals surface area (Å²) in [5, 5.41) is 1.14. The first-order chi connectivity index (χ1) is 12.4. The van der Waals surface area contributed by atoms with Crippen LogP contribution in [-0.4, -0.2) is 22.9 Å². The maximum atomic E-state index is 12.5. The van der Waals surface area contributed by atoms with Gasteiger partial charge in [0.15, 0.2) is 0 Å². The molecule has 0 aliphatic carbocycles. The smallest absolute Gasteiger partial charge is 0.406 e. The molecule has 0 bridgehead atoms. The summed E-state index contributed by atoms with van der Waals surface area (Å²) >= 11 is 6.26. The van der Waals surface area contributed by atoms with E-state index >= 15 is 0 Å². The van der Waals surface area contributed by atoms with Crippen molar-refractivity contribution in [3.8, 4) is 17.0 Å². The number of ether oxygens (including phenoxy) is 1. The lowest BCUT2D eigenvalue weighted by Gasteiger charge is -2.09. The molecule has 4 nitrogen and oxygen atoms in total. The van der Waals surface area contributed by atoms with E-state index in [1.165, 1.54) is 18.3 Å². The highest BCUT2D eigenvalue weighted by molar-refractivity contribution is 6.33. The molecule has 3 rings (SSSR count). The molecule has 0 amide bonds. The molecule has 0 radical (unpaired) electrons. The maximum Gasteiger partial charge on any atom is 0.573 e. The van der Waals surface area contributed by atoms with Crippen LogP contribution in [0.1, 0.15) is 18.4 Å². The number of nitrogens with one attached hydrogen (secondary N) is 1. The Kier molecular flexibility index (Phi) is 5.38. The standard InChI is InChI=1S/C18H17ClF3N3O/c19-15-10-24-8-6-13(15)17-12(3-1-2-7-23)14-9-11(26-18(20,21)22)4-5-16(14)25-17/h4-6,8-10,25H,1-3,7,23H2. The predicted octanol–water partition coefficient (Wildman–Crippen LogP) is 5.06. The maximum absolute atomic E-state index is 12.5. The lowest BCUT2D eigenvalue weighted by atomic mass is 10.0. The largest absolute Gasteiger partial charge is 0.573 e. The lowest BCUT2D eigenvalue weighted by Crippen LogP contribution is -2.16. The molecule has 138 valence electrons. The van der Waals surface area contributed by atoms with E-state index in [-0.39, 0.29) is 5.75 Å². The van der Waals surface area contributed by atoms with Crippen LogP contribution in [-0.2, 0) is 6.42 Å². The Morgan fingerprint density at radius 3 is 2.69 bits per heavy atom. The molecule has 8 heteroatoms. The monoisotopic (exact) mass is 383 g/mol. The second-order valence-electron chi connectivity index (χ2n) is 5.84. The molecule has 26 heavy (non-hydrogen) atoms. The molecule has 1 aromatic carbocycles. The number of hydrogen-bond acceptors (Lipinski definition) is 3. The van der Waals surface area contributed by atoms with Crippen molar-refractivity contribution in [1.82, 2.24) is 9.97 Å². The third-order valence-corrected chi connectivity index (χ3v) is 4.34. The van der Waals surface area contributed by atoms with Crippen molar-refractivity contribution < 1.29 is 17.9 Å². The van der Waals surface area contributed by atoms with Gasteiger partial charge < -0.3 is 15.5 Å². The van der Waals surface area contributed by atoms with E-state index in [0.29, 0.717) is 28.9 Å². The average molecular weight is 384 g/mol. The molecular weight excluding hydrogens is 367 g/mol. The van der Waals surface area contributed by atoms with Gasteiger partial charge in [-0.2, -0.15) is 0 Å². The fourth-order valence-corrected chi connectivity index (χ4v) is 3.15. The number of halogens is 4. The SMILES string of the molecule is NCCCCc1c(-c2ccncc2Cl)[nH]c2ccc(OC(F)(F)F)cc12.